The van der Waals surface area contributed by atoms with Crippen molar-refractivity contribution in [2.24, 2.45) is 5.14 Å². The number of sulfonamides is 1. The maximum absolute atomic E-state index is 13.0. The first-order valence-electron chi connectivity index (χ1n) is 11.3. The maximum Gasteiger partial charge on any atom is 0.416 e. The van der Waals surface area contributed by atoms with Crippen LogP contribution in [-0.2, 0) is 16.2 Å². The Morgan fingerprint density at radius 2 is 1.65 bits per heavy atom. The Bertz CT molecular complexity index is 1650. The van der Waals surface area contributed by atoms with Gasteiger partial charge in [-0.1, -0.05) is 17.7 Å². The van der Waals surface area contributed by atoms with E-state index in [0.29, 0.717) is 22.9 Å². The van der Waals surface area contributed by atoms with Gasteiger partial charge in [0.1, 0.15) is 5.82 Å². The Labute approximate surface area is 232 Å². The number of hydrogen-bond donors (Lipinski definition) is 4. The molecule has 0 saturated carbocycles. The summed E-state index contributed by atoms with van der Waals surface area (Å²) in [4.78, 5) is 22.6. The van der Waals surface area contributed by atoms with Crippen molar-refractivity contribution in [2.45, 2.75) is 11.1 Å². The molecule has 0 unspecified atom stereocenters. The summed E-state index contributed by atoms with van der Waals surface area (Å²) in [6.07, 6.45) is -3.09. The van der Waals surface area contributed by atoms with Gasteiger partial charge in [0.05, 0.1) is 10.5 Å². The number of nitrogens with zero attached hydrogens (tertiary/aromatic N) is 3. The smallest absolute Gasteiger partial charge is 0.329 e. The van der Waals surface area contributed by atoms with Crippen molar-refractivity contribution < 1.29 is 26.4 Å². The number of carbonyl (C=O) groups is 1. The van der Waals surface area contributed by atoms with Crippen molar-refractivity contribution in [2.75, 3.05) is 27.9 Å². The van der Waals surface area contributed by atoms with Crippen LogP contribution < -0.4 is 26.0 Å². The zero-order chi connectivity index (χ0) is 29.1. The van der Waals surface area contributed by atoms with Crippen molar-refractivity contribution in [1.29, 1.82) is 0 Å². The van der Waals surface area contributed by atoms with E-state index in [-0.39, 0.29) is 21.6 Å². The average Bonchev–Trinajstić information content (AvgIpc) is 2.87. The Morgan fingerprint density at radius 3 is 2.33 bits per heavy atom. The summed E-state index contributed by atoms with van der Waals surface area (Å²) in [6, 6.07) is 16.1. The fourth-order valence-corrected chi connectivity index (χ4v) is 4.29. The number of alkyl halides is 3. The van der Waals surface area contributed by atoms with Gasteiger partial charge in [0.25, 0.3) is 0 Å². The number of rotatable bonds is 7. The number of carbonyl (C=O) groups excluding carboxylic acids is 1. The molecule has 4 aromatic rings. The Kier molecular flexibility index (Phi) is 8.13. The van der Waals surface area contributed by atoms with Gasteiger partial charge in [-0.05, 0) is 66.7 Å². The van der Waals surface area contributed by atoms with Gasteiger partial charge < -0.3 is 20.9 Å². The molecule has 1 aromatic heterocycles. The van der Waals surface area contributed by atoms with Crippen LogP contribution in [0.2, 0.25) is 5.02 Å². The quantitative estimate of drug-likeness (QED) is 0.208. The van der Waals surface area contributed by atoms with Gasteiger partial charge in [0.15, 0.2) is 0 Å². The van der Waals surface area contributed by atoms with Crippen LogP contribution >= 0.6 is 11.6 Å². The van der Waals surface area contributed by atoms with Crippen LogP contribution in [0.1, 0.15) is 5.56 Å². The number of nitrogens with two attached hydrogens (primary N) is 1. The lowest BCUT2D eigenvalue weighted by Crippen LogP contribution is -2.20. The fraction of sp³-hybridized carbons (Fsp3) is 0.0800. The minimum Gasteiger partial charge on any atom is -0.329 e. The number of amides is 2. The molecule has 0 aliphatic rings. The van der Waals surface area contributed by atoms with E-state index in [0.717, 1.165) is 12.1 Å². The van der Waals surface area contributed by atoms with Crippen LogP contribution in [0, 0.1) is 0 Å². The summed E-state index contributed by atoms with van der Waals surface area (Å²) in [6.45, 7) is 0. The highest BCUT2D eigenvalue weighted by Crippen LogP contribution is 2.33. The number of urea groups is 1. The van der Waals surface area contributed by atoms with Crippen molar-refractivity contribution in [3.63, 3.8) is 0 Å². The van der Waals surface area contributed by atoms with E-state index in [1.54, 1.807) is 48.3 Å². The first-order chi connectivity index (χ1) is 18.8. The summed E-state index contributed by atoms with van der Waals surface area (Å²) in [5.41, 5.74) is 0.400. The third kappa shape index (κ3) is 7.37. The molecule has 208 valence electrons. The largest absolute Gasteiger partial charge is 0.416 e. The molecule has 1 heterocycles. The third-order valence-electron chi connectivity index (χ3n) is 5.40. The molecule has 15 heteroatoms. The van der Waals surface area contributed by atoms with E-state index in [9.17, 15) is 26.4 Å². The zero-order valence-electron chi connectivity index (χ0n) is 20.6. The minimum absolute atomic E-state index is 0.0632. The molecule has 3 aromatic carbocycles. The SMILES string of the molecule is CN(c1ccc(NC(=O)Nc2cc(Cl)cc(C(F)(F)F)c2)cc1)c1ccnc(Nc2cccc(S(N)(=O)=O)c2)n1. The van der Waals surface area contributed by atoms with Gasteiger partial charge in [-0.3, -0.25) is 0 Å². The van der Waals surface area contributed by atoms with E-state index < -0.39 is 27.8 Å². The normalized spacial score (nSPS) is 11.6. The highest BCUT2D eigenvalue weighted by Gasteiger charge is 2.31. The number of nitrogens with one attached hydrogen (secondary N) is 3. The van der Waals surface area contributed by atoms with Gasteiger partial charge >= 0.3 is 12.2 Å². The highest BCUT2D eigenvalue weighted by atomic mass is 35.5. The molecule has 0 spiro atoms. The second-order valence-corrected chi connectivity index (χ2v) is 10.3. The van der Waals surface area contributed by atoms with Gasteiger partial charge in [-0.2, -0.15) is 18.2 Å². The predicted molar refractivity (Wildman–Crippen MR) is 147 cm³/mol. The number of benzene rings is 3. The lowest BCUT2D eigenvalue weighted by molar-refractivity contribution is -0.137. The molecule has 2 amide bonds. The summed E-state index contributed by atoms with van der Waals surface area (Å²) >= 11 is 5.75. The molecule has 0 atom stereocenters. The molecule has 5 N–H and O–H groups in total. The predicted octanol–water partition coefficient (Wildman–Crippen LogP) is 5.95. The summed E-state index contributed by atoms with van der Waals surface area (Å²) in [5, 5.41) is 12.8. The van der Waals surface area contributed by atoms with Crippen molar-refractivity contribution >= 4 is 62.2 Å². The molecule has 40 heavy (non-hydrogen) atoms. The number of hydrogen-bond acceptors (Lipinski definition) is 7. The molecule has 4 rings (SSSR count). The Balaban J connectivity index is 1.42. The lowest BCUT2D eigenvalue weighted by atomic mass is 10.2. The second kappa shape index (κ2) is 11.4. The van der Waals surface area contributed by atoms with Gasteiger partial charge in [-0.15, -0.1) is 0 Å². The van der Waals surface area contributed by atoms with Gasteiger partial charge in [0, 0.05) is 41.0 Å². The van der Waals surface area contributed by atoms with E-state index in [2.05, 4.69) is 25.9 Å². The van der Waals surface area contributed by atoms with Crippen LogP contribution in [0.5, 0.6) is 0 Å². The molecule has 0 aliphatic heterocycles. The molecule has 0 aliphatic carbocycles. The van der Waals surface area contributed by atoms with Crippen LogP contribution in [0.3, 0.4) is 0 Å². The molecular weight excluding hydrogens is 571 g/mol. The van der Waals surface area contributed by atoms with E-state index in [1.807, 2.05) is 0 Å². The van der Waals surface area contributed by atoms with Crippen LogP contribution in [-0.4, -0.2) is 31.5 Å². The van der Waals surface area contributed by atoms with E-state index in [1.165, 1.54) is 30.5 Å². The Hall–Kier alpha value is -4.40. The summed E-state index contributed by atoms with van der Waals surface area (Å²) in [5.74, 6) is 0.709. The summed E-state index contributed by atoms with van der Waals surface area (Å²) in [7, 11) is -2.13. The molecule has 0 saturated heterocycles. The van der Waals surface area contributed by atoms with Gasteiger partial charge in [-0.25, -0.2) is 23.3 Å². The number of primary sulfonamides is 1. The van der Waals surface area contributed by atoms with Gasteiger partial charge in [0.2, 0.25) is 16.0 Å². The van der Waals surface area contributed by atoms with Crippen LogP contribution in [0.25, 0.3) is 0 Å². The standard InChI is InChI=1S/C25H21ClF3N7O3S/c1-36(22-9-10-31-23(35-22)32-18-3-2-4-21(14-18)40(30,38)39)20-7-5-17(6-8-20)33-24(37)34-19-12-15(25(27,28)29)11-16(26)13-19/h2-14H,1H3,(H2,30,38,39)(H,31,32,35)(H2,33,34,37). The lowest BCUT2D eigenvalue weighted by Gasteiger charge is -2.19. The third-order valence-corrected chi connectivity index (χ3v) is 6.53. The van der Waals surface area contributed by atoms with Crippen LogP contribution in [0.15, 0.2) is 83.9 Å². The topological polar surface area (TPSA) is 142 Å². The first-order valence-corrected chi connectivity index (χ1v) is 13.2. The zero-order valence-corrected chi connectivity index (χ0v) is 22.1. The molecule has 0 bridgehead atoms. The fourth-order valence-electron chi connectivity index (χ4n) is 3.50. The Morgan fingerprint density at radius 1 is 0.950 bits per heavy atom. The van der Waals surface area contributed by atoms with E-state index in [4.69, 9.17) is 16.7 Å². The van der Waals surface area contributed by atoms with Crippen molar-refractivity contribution in [3.8, 4) is 0 Å². The van der Waals surface area contributed by atoms with Crippen molar-refractivity contribution in [3.05, 3.63) is 89.6 Å². The number of halogens is 4. The highest BCUT2D eigenvalue weighted by molar-refractivity contribution is 7.89. The summed E-state index contributed by atoms with van der Waals surface area (Å²) < 4.78 is 62.2. The molecule has 0 fully saturated rings. The molecule has 10 nitrogen and oxygen atoms in total. The molecule has 0 radical (unpaired) electrons. The minimum atomic E-state index is -4.61. The number of aromatic nitrogens is 2. The maximum atomic E-state index is 13.0. The second-order valence-electron chi connectivity index (χ2n) is 8.35. The first kappa shape index (κ1) is 28.6. The van der Waals surface area contributed by atoms with Crippen molar-refractivity contribution in [1.82, 2.24) is 9.97 Å². The van der Waals surface area contributed by atoms with E-state index >= 15 is 0 Å². The average molecular weight is 592 g/mol. The number of anilines is 6. The monoisotopic (exact) mass is 591 g/mol. The molecular formula is C25H21ClF3N7O3S. The van der Waals surface area contributed by atoms with Crippen LogP contribution in [0.4, 0.5) is 52.5 Å².